The average molecular weight is 274 g/mol. The number of aromatic nitrogens is 4. The summed E-state index contributed by atoms with van der Waals surface area (Å²) in [7, 11) is 1.88. The predicted octanol–water partition coefficient (Wildman–Crippen LogP) is 1.57. The van der Waals surface area contributed by atoms with E-state index >= 15 is 0 Å². The van der Waals surface area contributed by atoms with Crippen molar-refractivity contribution in [2.45, 2.75) is 39.3 Å². The molecule has 1 aliphatic rings. The van der Waals surface area contributed by atoms with E-state index in [1.165, 1.54) is 12.8 Å². The maximum absolute atomic E-state index is 6.02. The molecule has 0 radical (unpaired) electrons. The number of anilines is 1. The van der Waals surface area contributed by atoms with E-state index in [0.717, 1.165) is 29.9 Å². The highest BCUT2D eigenvalue weighted by molar-refractivity contribution is 5.84. The van der Waals surface area contributed by atoms with Crippen molar-refractivity contribution in [2.24, 2.45) is 13.0 Å². The summed E-state index contributed by atoms with van der Waals surface area (Å²) < 4.78 is 1.75. The Morgan fingerprint density at radius 3 is 2.80 bits per heavy atom. The quantitative estimate of drug-likeness (QED) is 0.896. The van der Waals surface area contributed by atoms with Gasteiger partial charge in [-0.1, -0.05) is 13.8 Å². The fourth-order valence-electron chi connectivity index (χ4n) is 2.59. The van der Waals surface area contributed by atoms with Crippen LogP contribution in [0.2, 0.25) is 0 Å². The van der Waals surface area contributed by atoms with E-state index in [-0.39, 0.29) is 0 Å². The van der Waals surface area contributed by atoms with Gasteiger partial charge in [-0.25, -0.2) is 9.97 Å². The molecule has 0 aromatic carbocycles. The third-order valence-corrected chi connectivity index (χ3v) is 3.68. The number of rotatable bonds is 5. The third kappa shape index (κ3) is 2.60. The molecule has 0 unspecified atom stereocenters. The van der Waals surface area contributed by atoms with Crippen molar-refractivity contribution >= 4 is 16.9 Å². The Bertz CT molecular complexity index is 613. The van der Waals surface area contributed by atoms with Crippen molar-refractivity contribution in [3.63, 3.8) is 0 Å². The van der Waals surface area contributed by atoms with Gasteiger partial charge >= 0.3 is 0 Å². The van der Waals surface area contributed by atoms with Gasteiger partial charge in [-0.2, -0.15) is 5.10 Å². The predicted molar refractivity (Wildman–Crippen MR) is 79.0 cm³/mol. The van der Waals surface area contributed by atoms with Gasteiger partial charge in [-0.05, 0) is 18.8 Å². The van der Waals surface area contributed by atoms with Crippen LogP contribution >= 0.6 is 0 Å². The molecule has 2 heterocycles. The lowest BCUT2D eigenvalue weighted by Crippen LogP contribution is -2.30. The Hall–Kier alpha value is -1.69. The van der Waals surface area contributed by atoms with Crippen LogP contribution in [-0.2, 0) is 13.6 Å². The summed E-state index contributed by atoms with van der Waals surface area (Å²) in [5, 5.41) is 5.02. The second-order valence-corrected chi connectivity index (χ2v) is 6.08. The second kappa shape index (κ2) is 5.01. The summed E-state index contributed by atoms with van der Waals surface area (Å²) in [6.07, 6.45) is 4.30. The van der Waals surface area contributed by atoms with Gasteiger partial charge in [0.15, 0.2) is 5.65 Å². The van der Waals surface area contributed by atoms with Gasteiger partial charge in [0.05, 0.1) is 18.1 Å². The largest absolute Gasteiger partial charge is 0.383 e. The highest BCUT2D eigenvalue weighted by Crippen LogP contribution is 2.29. The lowest BCUT2D eigenvalue weighted by atomic mass is 10.2. The molecule has 20 heavy (non-hydrogen) atoms. The van der Waals surface area contributed by atoms with Crippen LogP contribution in [0.5, 0.6) is 0 Å². The number of nitrogens with two attached hydrogens (primary N) is 1. The van der Waals surface area contributed by atoms with Gasteiger partial charge in [0, 0.05) is 19.6 Å². The van der Waals surface area contributed by atoms with Crippen LogP contribution in [0.15, 0.2) is 6.20 Å². The van der Waals surface area contributed by atoms with E-state index in [4.69, 9.17) is 5.73 Å². The molecule has 108 valence electrons. The van der Waals surface area contributed by atoms with Gasteiger partial charge in [0.2, 0.25) is 0 Å². The molecule has 6 heteroatoms. The smallest absolute Gasteiger partial charge is 0.163 e. The van der Waals surface area contributed by atoms with Crippen LogP contribution in [-0.4, -0.2) is 37.2 Å². The van der Waals surface area contributed by atoms with Gasteiger partial charge in [0.1, 0.15) is 11.6 Å². The molecule has 0 amide bonds. The summed E-state index contributed by atoms with van der Waals surface area (Å²) in [6, 6.07) is 0.699. The van der Waals surface area contributed by atoms with Crippen LogP contribution in [0.3, 0.4) is 0 Å². The lowest BCUT2D eigenvalue weighted by Gasteiger charge is -2.23. The zero-order valence-corrected chi connectivity index (χ0v) is 12.4. The molecule has 2 aromatic heterocycles. The molecule has 1 saturated carbocycles. The molecular formula is C14H22N6. The van der Waals surface area contributed by atoms with Crippen molar-refractivity contribution < 1.29 is 0 Å². The Balaban J connectivity index is 1.87. The second-order valence-electron chi connectivity index (χ2n) is 6.08. The Morgan fingerprint density at radius 1 is 1.40 bits per heavy atom. The van der Waals surface area contributed by atoms with Gasteiger partial charge in [0.25, 0.3) is 0 Å². The first kappa shape index (κ1) is 13.3. The molecule has 0 atom stereocenters. The number of hydrogen-bond acceptors (Lipinski definition) is 5. The number of nitrogens with zero attached hydrogens (tertiary/aromatic N) is 5. The SMILES string of the molecule is CC(C)CN(Cc1nc(N)c2cnn(C)c2n1)C1CC1. The molecule has 0 spiro atoms. The maximum atomic E-state index is 6.02. The molecule has 1 fully saturated rings. The Kier molecular flexibility index (Phi) is 3.33. The number of fused-ring (bicyclic) bond motifs is 1. The van der Waals surface area contributed by atoms with Crippen LogP contribution < -0.4 is 5.73 Å². The summed E-state index contributed by atoms with van der Waals surface area (Å²) in [5.41, 5.74) is 6.83. The van der Waals surface area contributed by atoms with Crippen molar-refractivity contribution in [2.75, 3.05) is 12.3 Å². The molecular weight excluding hydrogens is 252 g/mol. The summed E-state index contributed by atoms with van der Waals surface area (Å²) in [4.78, 5) is 11.5. The van der Waals surface area contributed by atoms with Crippen LogP contribution in [0.1, 0.15) is 32.5 Å². The Labute approximate surface area is 119 Å². The first-order valence-corrected chi connectivity index (χ1v) is 7.22. The van der Waals surface area contributed by atoms with Gasteiger partial charge in [-0.3, -0.25) is 9.58 Å². The normalized spacial score (nSPS) is 15.7. The fraction of sp³-hybridized carbons (Fsp3) is 0.643. The minimum atomic E-state index is 0.526. The van der Waals surface area contributed by atoms with Crippen molar-refractivity contribution in [3.05, 3.63) is 12.0 Å². The minimum Gasteiger partial charge on any atom is -0.383 e. The third-order valence-electron chi connectivity index (χ3n) is 3.68. The highest BCUT2D eigenvalue weighted by Gasteiger charge is 2.30. The van der Waals surface area contributed by atoms with Crippen LogP contribution in [0.25, 0.3) is 11.0 Å². The first-order chi connectivity index (χ1) is 9.54. The average Bonchev–Trinajstić information content (AvgIpc) is 3.14. The Morgan fingerprint density at radius 2 is 2.15 bits per heavy atom. The van der Waals surface area contributed by atoms with Gasteiger partial charge < -0.3 is 5.73 Å². The lowest BCUT2D eigenvalue weighted by molar-refractivity contribution is 0.221. The molecule has 2 aromatic rings. The maximum Gasteiger partial charge on any atom is 0.163 e. The van der Waals surface area contributed by atoms with E-state index in [9.17, 15) is 0 Å². The summed E-state index contributed by atoms with van der Waals surface area (Å²) in [5.74, 6) is 1.97. The molecule has 1 aliphatic carbocycles. The summed E-state index contributed by atoms with van der Waals surface area (Å²) in [6.45, 7) is 6.34. The van der Waals surface area contributed by atoms with E-state index < -0.39 is 0 Å². The van der Waals surface area contributed by atoms with Crippen LogP contribution in [0, 0.1) is 5.92 Å². The molecule has 0 aliphatic heterocycles. The van der Waals surface area contributed by atoms with Crippen molar-refractivity contribution in [3.8, 4) is 0 Å². The first-order valence-electron chi connectivity index (χ1n) is 7.22. The molecule has 0 saturated heterocycles. The van der Waals surface area contributed by atoms with Crippen LogP contribution in [0.4, 0.5) is 5.82 Å². The summed E-state index contributed by atoms with van der Waals surface area (Å²) >= 11 is 0. The van der Waals surface area contributed by atoms with Gasteiger partial charge in [-0.15, -0.1) is 0 Å². The van der Waals surface area contributed by atoms with E-state index in [1.54, 1.807) is 10.9 Å². The monoisotopic (exact) mass is 274 g/mol. The standard InChI is InChI=1S/C14H22N6/c1-9(2)7-20(10-4-5-10)8-12-17-13(15)11-6-16-19(3)14(11)18-12/h6,9-10H,4-5,7-8H2,1-3H3,(H2,15,17,18). The molecule has 6 nitrogen and oxygen atoms in total. The molecule has 0 bridgehead atoms. The van der Waals surface area contributed by atoms with E-state index in [2.05, 4.69) is 33.8 Å². The molecule has 3 rings (SSSR count). The minimum absolute atomic E-state index is 0.526. The highest BCUT2D eigenvalue weighted by atomic mass is 15.3. The number of aryl methyl sites for hydroxylation is 1. The van der Waals surface area contributed by atoms with E-state index in [1.807, 2.05) is 7.05 Å². The zero-order chi connectivity index (χ0) is 14.3. The van der Waals surface area contributed by atoms with E-state index in [0.29, 0.717) is 17.8 Å². The number of hydrogen-bond donors (Lipinski definition) is 1. The van der Waals surface area contributed by atoms with Crippen molar-refractivity contribution in [1.29, 1.82) is 0 Å². The number of nitrogen functional groups attached to an aromatic ring is 1. The zero-order valence-electron chi connectivity index (χ0n) is 12.4. The fourth-order valence-corrected chi connectivity index (χ4v) is 2.59. The van der Waals surface area contributed by atoms with Crippen molar-refractivity contribution in [1.82, 2.24) is 24.6 Å². The molecule has 2 N–H and O–H groups in total. The topological polar surface area (TPSA) is 72.9 Å².